The molecule has 1 aliphatic rings. The number of hydrogen-bond acceptors (Lipinski definition) is 1. The largest absolute Gasteiger partial charge is 0.269 e. The monoisotopic (exact) mass is 155 g/mol. The van der Waals surface area contributed by atoms with Gasteiger partial charge in [0.1, 0.15) is 0 Å². The molecule has 0 radical (unpaired) electrons. The van der Waals surface area contributed by atoms with Crippen LogP contribution in [0.2, 0.25) is 0 Å². The van der Waals surface area contributed by atoms with Crippen molar-refractivity contribution in [2.45, 2.75) is 33.2 Å². The van der Waals surface area contributed by atoms with Crippen molar-refractivity contribution >= 4 is 5.84 Å². The molecule has 1 rings (SSSR count). The summed E-state index contributed by atoms with van der Waals surface area (Å²) < 4.78 is 2.34. The van der Waals surface area contributed by atoms with Gasteiger partial charge in [0.25, 0.3) is 0 Å². The molecule has 0 aromatic heterocycles. The smallest absolute Gasteiger partial charge is 0.243 e. The van der Waals surface area contributed by atoms with Crippen LogP contribution in [-0.2, 0) is 0 Å². The molecule has 1 aliphatic heterocycles. The lowest BCUT2D eigenvalue weighted by atomic mass is 10.1. The summed E-state index contributed by atoms with van der Waals surface area (Å²) in [6, 6.07) is 0.733. The van der Waals surface area contributed by atoms with Crippen LogP contribution < -0.4 is 0 Å². The number of rotatable bonds is 1. The van der Waals surface area contributed by atoms with Crippen LogP contribution in [0.1, 0.15) is 27.2 Å². The van der Waals surface area contributed by atoms with Crippen LogP contribution in [-0.4, -0.2) is 41.5 Å². The molecule has 0 spiro atoms. The Balaban J connectivity index is 2.78. The minimum Gasteiger partial charge on any atom is -0.269 e. The van der Waals surface area contributed by atoms with Gasteiger partial charge in [-0.1, -0.05) is 0 Å². The van der Waals surface area contributed by atoms with Crippen molar-refractivity contribution in [1.82, 2.24) is 4.90 Å². The second-order valence-electron chi connectivity index (χ2n) is 3.39. The highest BCUT2D eigenvalue weighted by Crippen LogP contribution is 2.09. The van der Waals surface area contributed by atoms with Crippen molar-refractivity contribution in [3.05, 3.63) is 0 Å². The van der Waals surface area contributed by atoms with Crippen molar-refractivity contribution in [2.75, 3.05) is 20.1 Å². The Morgan fingerprint density at radius 2 is 2.27 bits per heavy atom. The van der Waals surface area contributed by atoms with Gasteiger partial charge >= 0.3 is 0 Å². The normalized spacial score (nSPS) is 26.2. The average Bonchev–Trinajstić information content (AvgIpc) is 1.99. The van der Waals surface area contributed by atoms with Crippen LogP contribution in [0.25, 0.3) is 0 Å². The molecule has 0 amide bonds. The van der Waals surface area contributed by atoms with E-state index in [9.17, 15) is 0 Å². The summed E-state index contributed by atoms with van der Waals surface area (Å²) in [5.74, 6) is 1.42. The fraction of sp³-hybridized carbons (Fsp3) is 0.889. The molecule has 2 heteroatoms. The van der Waals surface area contributed by atoms with Crippen LogP contribution >= 0.6 is 0 Å². The molecule has 1 atom stereocenters. The van der Waals surface area contributed by atoms with E-state index < -0.39 is 0 Å². The lowest BCUT2D eigenvalue weighted by molar-refractivity contribution is -0.511. The maximum atomic E-state index is 2.46. The Kier molecular flexibility index (Phi) is 2.53. The molecule has 0 bridgehead atoms. The second-order valence-corrected chi connectivity index (χ2v) is 3.39. The van der Waals surface area contributed by atoms with Gasteiger partial charge in [-0.2, -0.15) is 0 Å². The van der Waals surface area contributed by atoms with Gasteiger partial charge in [0.2, 0.25) is 5.84 Å². The first-order valence-corrected chi connectivity index (χ1v) is 4.48. The number of amidine groups is 1. The van der Waals surface area contributed by atoms with E-state index in [-0.39, 0.29) is 0 Å². The highest BCUT2D eigenvalue weighted by atomic mass is 15.3. The number of hydrogen-bond donors (Lipinski definition) is 0. The summed E-state index contributed by atoms with van der Waals surface area (Å²) in [5, 5.41) is 0. The molecule has 0 saturated heterocycles. The Hall–Kier alpha value is -0.530. The maximum absolute atomic E-state index is 2.46. The van der Waals surface area contributed by atoms with Crippen molar-refractivity contribution in [3.63, 3.8) is 0 Å². The molecule has 0 N–H and O–H groups in total. The standard InChI is InChI=1S/C9H19N2/c1-5-11-8(2)6-7-10(4)9(11)3/h8H,5-7H2,1-4H3/q+1. The summed E-state index contributed by atoms with van der Waals surface area (Å²) in [7, 11) is 2.17. The van der Waals surface area contributed by atoms with Crippen molar-refractivity contribution in [3.8, 4) is 0 Å². The van der Waals surface area contributed by atoms with E-state index in [1.807, 2.05) is 0 Å². The summed E-state index contributed by atoms with van der Waals surface area (Å²) >= 11 is 0. The van der Waals surface area contributed by atoms with Gasteiger partial charge in [-0.3, -0.25) is 9.48 Å². The minimum absolute atomic E-state index is 0.733. The fourth-order valence-electron chi connectivity index (χ4n) is 1.78. The van der Waals surface area contributed by atoms with Gasteiger partial charge in [0.15, 0.2) is 0 Å². The molecule has 11 heavy (non-hydrogen) atoms. The first-order chi connectivity index (χ1) is 5.16. The molecule has 2 nitrogen and oxygen atoms in total. The summed E-state index contributed by atoms with van der Waals surface area (Å²) in [4.78, 5) is 2.46. The lowest BCUT2D eigenvalue weighted by Crippen LogP contribution is -2.46. The average molecular weight is 155 g/mol. The molecule has 0 aromatic carbocycles. The molecule has 64 valence electrons. The Morgan fingerprint density at radius 1 is 1.64 bits per heavy atom. The van der Waals surface area contributed by atoms with Gasteiger partial charge < -0.3 is 0 Å². The van der Waals surface area contributed by atoms with E-state index in [1.54, 1.807) is 0 Å². The molecule has 0 fully saturated rings. The molecule has 1 heterocycles. The SMILES string of the molecule is CCN1C(C)=[N+](C)CCC1C. The van der Waals surface area contributed by atoms with Gasteiger partial charge in [-0.25, -0.2) is 0 Å². The first-order valence-electron chi connectivity index (χ1n) is 4.48. The highest BCUT2D eigenvalue weighted by molar-refractivity contribution is 5.75. The van der Waals surface area contributed by atoms with Crippen molar-refractivity contribution < 1.29 is 4.58 Å². The quantitative estimate of drug-likeness (QED) is 0.515. The van der Waals surface area contributed by atoms with Crippen LogP contribution in [0.3, 0.4) is 0 Å². The Labute approximate surface area is 69.5 Å². The third-order valence-corrected chi connectivity index (χ3v) is 2.72. The van der Waals surface area contributed by atoms with Gasteiger partial charge in [0.05, 0.1) is 26.2 Å². The van der Waals surface area contributed by atoms with Crippen molar-refractivity contribution in [2.24, 2.45) is 0 Å². The van der Waals surface area contributed by atoms with E-state index >= 15 is 0 Å². The molecule has 1 unspecified atom stereocenters. The Morgan fingerprint density at radius 3 is 2.73 bits per heavy atom. The van der Waals surface area contributed by atoms with E-state index in [0.29, 0.717) is 0 Å². The second kappa shape index (κ2) is 3.24. The lowest BCUT2D eigenvalue weighted by Gasteiger charge is -2.28. The minimum atomic E-state index is 0.733. The molecule has 0 saturated carbocycles. The zero-order valence-electron chi connectivity index (χ0n) is 8.09. The van der Waals surface area contributed by atoms with E-state index in [4.69, 9.17) is 0 Å². The molecule has 0 aromatic rings. The zero-order valence-corrected chi connectivity index (χ0v) is 8.09. The third kappa shape index (κ3) is 1.55. The predicted molar refractivity (Wildman–Crippen MR) is 48.2 cm³/mol. The Bertz CT molecular complexity index is 172. The molecule has 0 aliphatic carbocycles. The highest BCUT2D eigenvalue weighted by Gasteiger charge is 2.26. The summed E-state index contributed by atoms with van der Waals surface area (Å²) in [5.41, 5.74) is 0. The van der Waals surface area contributed by atoms with E-state index in [0.717, 1.165) is 12.6 Å². The first kappa shape index (κ1) is 8.57. The summed E-state index contributed by atoms with van der Waals surface area (Å²) in [6.45, 7) is 9.08. The van der Waals surface area contributed by atoms with Gasteiger partial charge in [-0.15, -0.1) is 0 Å². The van der Waals surface area contributed by atoms with Crippen LogP contribution in [0.5, 0.6) is 0 Å². The van der Waals surface area contributed by atoms with Crippen LogP contribution in [0, 0.1) is 0 Å². The topological polar surface area (TPSA) is 6.25 Å². The van der Waals surface area contributed by atoms with Crippen molar-refractivity contribution in [1.29, 1.82) is 0 Å². The van der Waals surface area contributed by atoms with Gasteiger partial charge in [0, 0.05) is 13.3 Å². The predicted octanol–water partition coefficient (Wildman–Crippen LogP) is 1.16. The summed E-state index contributed by atoms with van der Waals surface area (Å²) in [6.07, 6.45) is 1.29. The van der Waals surface area contributed by atoms with E-state index in [1.165, 1.54) is 18.8 Å². The fourth-order valence-corrected chi connectivity index (χ4v) is 1.78. The van der Waals surface area contributed by atoms with Crippen LogP contribution in [0.4, 0.5) is 0 Å². The van der Waals surface area contributed by atoms with Gasteiger partial charge in [-0.05, 0) is 13.8 Å². The van der Waals surface area contributed by atoms with E-state index in [2.05, 4.69) is 37.3 Å². The third-order valence-electron chi connectivity index (χ3n) is 2.72. The molecular weight excluding hydrogens is 136 g/mol. The maximum Gasteiger partial charge on any atom is 0.243 e. The van der Waals surface area contributed by atoms with Crippen LogP contribution in [0.15, 0.2) is 0 Å². The zero-order chi connectivity index (χ0) is 8.43. The molecular formula is C9H19N2+. The number of nitrogens with zero attached hydrogens (tertiary/aromatic N) is 2.